The molecule has 2 heterocycles. The van der Waals surface area contributed by atoms with Crippen LogP contribution in [-0.2, 0) is 6.42 Å². The Labute approximate surface area is 162 Å². The molecule has 0 amide bonds. The maximum Gasteiger partial charge on any atom is 0.247 e. The number of ketones is 1. The van der Waals surface area contributed by atoms with Crippen LogP contribution in [0.25, 0.3) is 22.0 Å². The van der Waals surface area contributed by atoms with Crippen molar-refractivity contribution in [1.82, 2.24) is 15.2 Å². The molecular formula is C20H13F2N3O2S. The number of carbonyl (C=O) groups is 1. The SMILES string of the molecule is Cc1ccc(-c2nnco2)cc1-c1ncc(C(=O)Cc2c(F)cccc2F)s1. The highest BCUT2D eigenvalue weighted by Crippen LogP contribution is 2.32. The number of aromatic nitrogens is 3. The van der Waals surface area contributed by atoms with Crippen LogP contribution in [0.1, 0.15) is 20.8 Å². The summed E-state index contributed by atoms with van der Waals surface area (Å²) in [4.78, 5) is 17.2. The Morgan fingerprint density at radius 3 is 2.68 bits per heavy atom. The molecule has 0 aliphatic rings. The molecule has 0 aliphatic heterocycles. The molecule has 4 aromatic rings. The number of carbonyl (C=O) groups excluding carboxylic acids is 1. The van der Waals surface area contributed by atoms with Gasteiger partial charge in [-0.25, -0.2) is 13.8 Å². The van der Waals surface area contributed by atoms with Crippen molar-refractivity contribution in [3.8, 4) is 22.0 Å². The van der Waals surface area contributed by atoms with Gasteiger partial charge in [-0.3, -0.25) is 4.79 Å². The molecule has 0 N–H and O–H groups in total. The normalized spacial score (nSPS) is 11.0. The summed E-state index contributed by atoms with van der Waals surface area (Å²) in [6.07, 6.45) is 2.32. The molecule has 2 aromatic carbocycles. The lowest BCUT2D eigenvalue weighted by Crippen LogP contribution is -2.05. The summed E-state index contributed by atoms with van der Waals surface area (Å²) in [5.41, 5.74) is 2.26. The van der Waals surface area contributed by atoms with Crippen LogP contribution >= 0.6 is 11.3 Å². The van der Waals surface area contributed by atoms with E-state index in [0.717, 1.165) is 28.8 Å². The Morgan fingerprint density at radius 2 is 1.96 bits per heavy atom. The van der Waals surface area contributed by atoms with Gasteiger partial charge in [0.2, 0.25) is 12.3 Å². The van der Waals surface area contributed by atoms with E-state index >= 15 is 0 Å². The number of benzene rings is 2. The Morgan fingerprint density at radius 1 is 1.18 bits per heavy atom. The molecular weight excluding hydrogens is 384 g/mol. The summed E-state index contributed by atoms with van der Waals surface area (Å²) in [7, 11) is 0. The van der Waals surface area contributed by atoms with Crippen molar-refractivity contribution in [1.29, 1.82) is 0 Å². The van der Waals surface area contributed by atoms with Crippen LogP contribution in [-0.4, -0.2) is 21.0 Å². The van der Waals surface area contributed by atoms with E-state index in [1.807, 2.05) is 25.1 Å². The summed E-state index contributed by atoms with van der Waals surface area (Å²) in [5, 5.41) is 8.18. The summed E-state index contributed by atoms with van der Waals surface area (Å²) in [6, 6.07) is 9.14. The highest BCUT2D eigenvalue weighted by Gasteiger charge is 2.18. The van der Waals surface area contributed by atoms with Crippen LogP contribution < -0.4 is 0 Å². The quantitative estimate of drug-likeness (QED) is 0.449. The van der Waals surface area contributed by atoms with Gasteiger partial charge in [-0.1, -0.05) is 12.1 Å². The molecule has 0 fully saturated rings. The maximum absolute atomic E-state index is 13.8. The second-order valence-corrected chi connectivity index (χ2v) is 7.13. The van der Waals surface area contributed by atoms with Crippen molar-refractivity contribution in [2.45, 2.75) is 13.3 Å². The minimum atomic E-state index is -0.735. The third-order valence-corrected chi connectivity index (χ3v) is 5.33. The maximum atomic E-state index is 13.8. The molecule has 5 nitrogen and oxygen atoms in total. The number of rotatable bonds is 5. The first kappa shape index (κ1) is 18.1. The van der Waals surface area contributed by atoms with Gasteiger partial charge in [-0.05, 0) is 36.8 Å². The van der Waals surface area contributed by atoms with Crippen LogP contribution in [0.3, 0.4) is 0 Å². The van der Waals surface area contributed by atoms with E-state index in [1.54, 1.807) is 0 Å². The third kappa shape index (κ3) is 3.46. The standard InChI is InChI=1S/C20H13F2N3O2S/c1-11-5-6-12(19-25-24-10-27-19)7-13(11)20-23-9-18(28-20)17(26)8-14-15(21)3-2-4-16(14)22/h2-7,9-10H,8H2,1H3. The summed E-state index contributed by atoms with van der Waals surface area (Å²) < 4.78 is 32.8. The molecule has 0 spiro atoms. The van der Waals surface area contributed by atoms with Gasteiger partial charge in [0.15, 0.2) is 5.78 Å². The molecule has 0 saturated heterocycles. The highest BCUT2D eigenvalue weighted by molar-refractivity contribution is 7.17. The van der Waals surface area contributed by atoms with Gasteiger partial charge < -0.3 is 4.42 Å². The van der Waals surface area contributed by atoms with Crippen molar-refractivity contribution in [2.24, 2.45) is 0 Å². The molecule has 0 radical (unpaired) electrons. The average molecular weight is 397 g/mol. The van der Waals surface area contributed by atoms with Crippen molar-refractivity contribution in [3.63, 3.8) is 0 Å². The van der Waals surface area contributed by atoms with Crippen LogP contribution in [0.15, 0.2) is 53.4 Å². The first-order chi connectivity index (χ1) is 13.5. The Hall–Kier alpha value is -3.26. The van der Waals surface area contributed by atoms with Crippen LogP contribution in [0, 0.1) is 18.6 Å². The minimum absolute atomic E-state index is 0.239. The van der Waals surface area contributed by atoms with Gasteiger partial charge >= 0.3 is 0 Å². The Balaban J connectivity index is 1.63. The summed E-state index contributed by atoms with van der Waals surface area (Å²) in [6.45, 7) is 1.92. The molecule has 0 saturated carbocycles. The number of nitrogens with zero attached hydrogens (tertiary/aromatic N) is 3. The zero-order chi connectivity index (χ0) is 19.7. The van der Waals surface area contributed by atoms with Crippen molar-refractivity contribution in [2.75, 3.05) is 0 Å². The van der Waals surface area contributed by atoms with Gasteiger partial charge in [0, 0.05) is 29.3 Å². The fraction of sp³-hybridized carbons (Fsp3) is 0.100. The van der Waals surface area contributed by atoms with Crippen LogP contribution in [0.4, 0.5) is 8.78 Å². The molecule has 140 valence electrons. The fourth-order valence-electron chi connectivity index (χ4n) is 2.76. The number of hydrogen-bond acceptors (Lipinski definition) is 6. The van der Waals surface area contributed by atoms with Gasteiger partial charge in [0.05, 0.1) is 4.88 Å². The van der Waals surface area contributed by atoms with E-state index in [2.05, 4.69) is 15.2 Å². The first-order valence-corrected chi connectivity index (χ1v) is 9.14. The zero-order valence-electron chi connectivity index (χ0n) is 14.6. The van der Waals surface area contributed by atoms with Crippen molar-refractivity contribution in [3.05, 3.63) is 76.6 Å². The van der Waals surface area contributed by atoms with Gasteiger partial charge in [-0.15, -0.1) is 21.5 Å². The summed E-state index contributed by atoms with van der Waals surface area (Å²) in [5.74, 6) is -1.48. The predicted octanol–water partition coefficient (Wildman–Crippen LogP) is 4.87. The molecule has 0 unspecified atom stereocenters. The van der Waals surface area contributed by atoms with Crippen molar-refractivity contribution < 1.29 is 18.0 Å². The molecule has 0 atom stereocenters. The van der Waals surface area contributed by atoms with E-state index in [-0.39, 0.29) is 12.0 Å². The third-order valence-electron chi connectivity index (χ3n) is 4.25. The van der Waals surface area contributed by atoms with Gasteiger partial charge in [0.25, 0.3) is 0 Å². The summed E-state index contributed by atoms with van der Waals surface area (Å²) >= 11 is 1.17. The molecule has 28 heavy (non-hydrogen) atoms. The van der Waals surface area contributed by atoms with Gasteiger partial charge in [0.1, 0.15) is 16.6 Å². The molecule has 2 aromatic heterocycles. The number of hydrogen-bond donors (Lipinski definition) is 0. The molecule has 4 rings (SSSR count). The topological polar surface area (TPSA) is 68.9 Å². The number of thiazole rings is 1. The average Bonchev–Trinajstić information content (AvgIpc) is 3.37. The molecule has 0 aliphatic carbocycles. The van der Waals surface area contributed by atoms with E-state index in [4.69, 9.17) is 4.42 Å². The zero-order valence-corrected chi connectivity index (χ0v) is 15.5. The predicted molar refractivity (Wildman–Crippen MR) is 100.0 cm³/mol. The Kier molecular flexibility index (Phi) is 4.79. The second kappa shape index (κ2) is 7.40. The number of halogens is 2. The van der Waals surface area contributed by atoms with E-state index < -0.39 is 17.4 Å². The smallest absolute Gasteiger partial charge is 0.247 e. The van der Waals surface area contributed by atoms with Crippen LogP contribution in [0.2, 0.25) is 0 Å². The lowest BCUT2D eigenvalue weighted by atomic mass is 10.1. The van der Waals surface area contributed by atoms with Crippen molar-refractivity contribution >= 4 is 17.1 Å². The van der Waals surface area contributed by atoms with E-state index in [0.29, 0.717) is 15.8 Å². The first-order valence-electron chi connectivity index (χ1n) is 8.32. The lowest BCUT2D eigenvalue weighted by Gasteiger charge is -2.04. The largest absolute Gasteiger partial charge is 0.423 e. The van der Waals surface area contributed by atoms with E-state index in [9.17, 15) is 13.6 Å². The molecule has 0 bridgehead atoms. The second-order valence-electron chi connectivity index (χ2n) is 6.10. The Bertz CT molecular complexity index is 1140. The van der Waals surface area contributed by atoms with Crippen LogP contribution in [0.5, 0.6) is 0 Å². The fourth-order valence-corrected chi connectivity index (χ4v) is 3.70. The minimum Gasteiger partial charge on any atom is -0.423 e. The highest BCUT2D eigenvalue weighted by atomic mass is 32.1. The lowest BCUT2D eigenvalue weighted by molar-refractivity contribution is 0.0994. The number of Topliss-reactive ketones (excluding diaryl/α,β-unsaturated/α-hetero) is 1. The number of aryl methyl sites for hydroxylation is 1. The molecule has 8 heteroatoms. The monoisotopic (exact) mass is 397 g/mol. The van der Waals surface area contributed by atoms with E-state index in [1.165, 1.54) is 30.0 Å². The van der Waals surface area contributed by atoms with Gasteiger partial charge in [-0.2, -0.15) is 0 Å².